The monoisotopic (exact) mass is 478 g/mol. The highest BCUT2D eigenvalue weighted by molar-refractivity contribution is 9.11. The van der Waals surface area contributed by atoms with Crippen LogP contribution in [0.25, 0.3) is 0 Å². The first-order valence-corrected chi connectivity index (χ1v) is 9.54. The molecule has 6 heteroatoms. The average molecular weight is 480 g/mol. The maximum absolute atomic E-state index is 3.90. The molecule has 0 fully saturated rings. The van der Waals surface area contributed by atoms with E-state index in [2.05, 4.69) is 41.8 Å². The summed E-state index contributed by atoms with van der Waals surface area (Å²) in [7, 11) is 8.04. The number of aromatic nitrogens is 2. The fourth-order valence-corrected chi connectivity index (χ4v) is 2.24. The van der Waals surface area contributed by atoms with Crippen molar-refractivity contribution in [3.8, 4) is 0 Å². The van der Waals surface area contributed by atoms with Crippen LogP contribution in [0.15, 0.2) is 82.3 Å². The topological polar surface area (TPSA) is 32.3 Å². The number of hydrogen-bond acceptors (Lipinski definition) is 4. The molecule has 0 bridgehead atoms. The van der Waals surface area contributed by atoms with Crippen LogP contribution in [0.5, 0.6) is 0 Å². The molecule has 2 heterocycles. The van der Waals surface area contributed by atoms with Gasteiger partial charge in [0.25, 0.3) is 0 Å². The molecular formula is C20H24Br2N4. The van der Waals surface area contributed by atoms with Crippen LogP contribution in [0.2, 0.25) is 0 Å². The number of pyridine rings is 2. The van der Waals surface area contributed by atoms with Gasteiger partial charge in [-0.25, -0.2) is 0 Å². The standard InChI is InChI=1S/2C7H10N2.C6H4Br2/c2*1-9(2)7-3-5-8-6-4-7;7-5-1-2-6(8)4-3-5/h2*3-6H,1-2H3;1-4H. The Labute approximate surface area is 173 Å². The summed E-state index contributed by atoms with van der Waals surface area (Å²) in [5, 5.41) is 0. The Morgan fingerprint density at radius 2 is 0.808 bits per heavy atom. The van der Waals surface area contributed by atoms with Crippen molar-refractivity contribution < 1.29 is 0 Å². The quantitative estimate of drug-likeness (QED) is 0.485. The number of rotatable bonds is 2. The van der Waals surface area contributed by atoms with E-state index in [9.17, 15) is 0 Å². The van der Waals surface area contributed by atoms with Crippen molar-refractivity contribution in [1.82, 2.24) is 9.97 Å². The number of nitrogens with zero attached hydrogens (tertiary/aromatic N) is 4. The Bertz CT molecular complexity index is 653. The van der Waals surface area contributed by atoms with Crippen LogP contribution in [0.4, 0.5) is 11.4 Å². The van der Waals surface area contributed by atoms with Crippen molar-refractivity contribution >= 4 is 43.2 Å². The minimum absolute atomic E-state index is 1.11. The molecule has 0 N–H and O–H groups in total. The smallest absolute Gasteiger partial charge is 0.0391 e. The Balaban J connectivity index is 0.000000195. The van der Waals surface area contributed by atoms with E-state index in [0.29, 0.717) is 0 Å². The number of benzene rings is 1. The Morgan fingerprint density at radius 3 is 1.00 bits per heavy atom. The normalized spacial score (nSPS) is 9.15. The summed E-state index contributed by atoms with van der Waals surface area (Å²) >= 11 is 6.65. The third-order valence-electron chi connectivity index (χ3n) is 3.16. The van der Waals surface area contributed by atoms with Gasteiger partial charge >= 0.3 is 0 Å². The molecule has 0 amide bonds. The van der Waals surface area contributed by atoms with E-state index in [-0.39, 0.29) is 0 Å². The molecule has 2 aromatic heterocycles. The molecule has 0 spiro atoms. The first-order valence-electron chi connectivity index (χ1n) is 7.96. The zero-order valence-electron chi connectivity index (χ0n) is 15.5. The SMILES string of the molecule is Brc1ccc(Br)cc1.CN(C)c1ccncc1.CN(C)c1ccncc1. The van der Waals surface area contributed by atoms with Gasteiger partial charge in [-0.3, -0.25) is 9.97 Å². The number of anilines is 2. The van der Waals surface area contributed by atoms with E-state index in [1.54, 1.807) is 24.8 Å². The van der Waals surface area contributed by atoms with Crippen LogP contribution in [-0.2, 0) is 0 Å². The summed E-state index contributed by atoms with van der Waals surface area (Å²) in [4.78, 5) is 11.9. The van der Waals surface area contributed by atoms with E-state index in [1.807, 2.05) is 86.5 Å². The molecule has 0 aliphatic rings. The average Bonchev–Trinajstić information content (AvgIpc) is 2.66. The highest BCUT2D eigenvalue weighted by Gasteiger charge is 1.89. The van der Waals surface area contributed by atoms with E-state index < -0.39 is 0 Å². The maximum Gasteiger partial charge on any atom is 0.0391 e. The van der Waals surface area contributed by atoms with Crippen molar-refractivity contribution in [1.29, 1.82) is 0 Å². The molecule has 0 unspecified atom stereocenters. The zero-order valence-corrected chi connectivity index (χ0v) is 18.6. The first kappa shape index (κ1) is 22.1. The van der Waals surface area contributed by atoms with Crippen molar-refractivity contribution in [2.45, 2.75) is 0 Å². The molecule has 0 saturated heterocycles. The Morgan fingerprint density at radius 1 is 0.538 bits per heavy atom. The second-order valence-electron chi connectivity index (χ2n) is 5.64. The summed E-state index contributed by atoms with van der Waals surface area (Å²) in [6.07, 6.45) is 7.15. The fourth-order valence-electron chi connectivity index (χ4n) is 1.71. The van der Waals surface area contributed by atoms with Gasteiger partial charge in [-0.15, -0.1) is 0 Å². The molecule has 138 valence electrons. The molecule has 0 saturated carbocycles. The van der Waals surface area contributed by atoms with Gasteiger partial charge in [-0.1, -0.05) is 31.9 Å². The summed E-state index contributed by atoms with van der Waals surface area (Å²) in [5.74, 6) is 0. The van der Waals surface area contributed by atoms with Gasteiger partial charge in [0.1, 0.15) is 0 Å². The molecule has 3 aromatic rings. The van der Waals surface area contributed by atoms with Crippen LogP contribution in [0, 0.1) is 0 Å². The van der Waals surface area contributed by atoms with Gasteiger partial charge in [-0.05, 0) is 48.5 Å². The van der Waals surface area contributed by atoms with Crippen LogP contribution in [-0.4, -0.2) is 38.2 Å². The van der Waals surface area contributed by atoms with Gasteiger partial charge in [0, 0.05) is 73.3 Å². The second-order valence-corrected chi connectivity index (χ2v) is 7.47. The fraction of sp³-hybridized carbons (Fsp3) is 0.200. The summed E-state index contributed by atoms with van der Waals surface area (Å²) < 4.78 is 2.22. The van der Waals surface area contributed by atoms with Crippen molar-refractivity contribution in [3.05, 3.63) is 82.3 Å². The molecule has 0 atom stereocenters. The van der Waals surface area contributed by atoms with Crippen LogP contribution >= 0.6 is 31.9 Å². The Hall–Kier alpha value is -1.92. The van der Waals surface area contributed by atoms with Crippen LogP contribution in [0.1, 0.15) is 0 Å². The predicted molar refractivity (Wildman–Crippen MR) is 119 cm³/mol. The van der Waals surface area contributed by atoms with E-state index in [0.717, 1.165) is 8.95 Å². The first-order chi connectivity index (χ1) is 12.4. The molecule has 3 rings (SSSR count). The van der Waals surface area contributed by atoms with Gasteiger partial charge < -0.3 is 9.80 Å². The van der Waals surface area contributed by atoms with E-state index >= 15 is 0 Å². The number of halogens is 2. The molecule has 0 aliphatic carbocycles. The highest BCUT2D eigenvalue weighted by atomic mass is 79.9. The molecule has 4 nitrogen and oxygen atoms in total. The van der Waals surface area contributed by atoms with E-state index in [4.69, 9.17) is 0 Å². The van der Waals surface area contributed by atoms with Crippen molar-refractivity contribution in [3.63, 3.8) is 0 Å². The second kappa shape index (κ2) is 12.4. The maximum atomic E-state index is 3.90. The molecule has 1 aromatic carbocycles. The minimum atomic E-state index is 1.11. The summed E-state index contributed by atoms with van der Waals surface area (Å²) in [6, 6.07) is 15.8. The molecule has 26 heavy (non-hydrogen) atoms. The van der Waals surface area contributed by atoms with Gasteiger partial charge in [0.15, 0.2) is 0 Å². The zero-order chi connectivity index (χ0) is 19.4. The highest BCUT2D eigenvalue weighted by Crippen LogP contribution is 2.14. The van der Waals surface area contributed by atoms with Crippen molar-refractivity contribution in [2.24, 2.45) is 0 Å². The van der Waals surface area contributed by atoms with Crippen molar-refractivity contribution in [2.75, 3.05) is 38.0 Å². The summed E-state index contributed by atoms with van der Waals surface area (Å²) in [6.45, 7) is 0. The third-order valence-corrected chi connectivity index (χ3v) is 4.22. The predicted octanol–water partition coefficient (Wildman–Crippen LogP) is 5.51. The van der Waals surface area contributed by atoms with Crippen LogP contribution < -0.4 is 9.80 Å². The lowest BCUT2D eigenvalue weighted by molar-refractivity contribution is 1.12. The lowest BCUT2D eigenvalue weighted by atomic mass is 10.4. The van der Waals surface area contributed by atoms with Gasteiger partial charge in [0.05, 0.1) is 0 Å². The third kappa shape index (κ3) is 9.53. The molecule has 0 radical (unpaired) electrons. The molecule has 0 aliphatic heterocycles. The lowest BCUT2D eigenvalue weighted by Crippen LogP contribution is -2.07. The Kier molecular flexibility index (Phi) is 10.6. The largest absolute Gasteiger partial charge is 0.378 e. The summed E-state index contributed by atoms with van der Waals surface area (Å²) in [5.41, 5.74) is 2.37. The van der Waals surface area contributed by atoms with E-state index in [1.165, 1.54) is 11.4 Å². The van der Waals surface area contributed by atoms with Gasteiger partial charge in [-0.2, -0.15) is 0 Å². The lowest BCUT2D eigenvalue weighted by Gasteiger charge is -2.10. The number of hydrogen-bond donors (Lipinski definition) is 0. The minimum Gasteiger partial charge on any atom is -0.378 e. The van der Waals surface area contributed by atoms with Gasteiger partial charge in [0.2, 0.25) is 0 Å². The van der Waals surface area contributed by atoms with Crippen LogP contribution in [0.3, 0.4) is 0 Å². The molecular weight excluding hydrogens is 456 g/mol.